The first-order valence-electron chi connectivity index (χ1n) is 2.45. The van der Waals surface area contributed by atoms with Gasteiger partial charge in [0, 0.05) is 0 Å². The van der Waals surface area contributed by atoms with Crippen molar-refractivity contribution in [2.75, 3.05) is 0 Å². The summed E-state index contributed by atoms with van der Waals surface area (Å²) in [5.41, 5.74) is 0. The number of alkyl halides is 5. The van der Waals surface area contributed by atoms with Crippen LogP contribution in [-0.4, -0.2) is 26.0 Å². The zero-order chi connectivity index (χ0) is 9.78. The van der Waals surface area contributed by atoms with E-state index in [-0.39, 0.29) is 0 Å². The van der Waals surface area contributed by atoms with E-state index in [4.69, 9.17) is 0 Å². The monoisotopic (exact) mass is 212 g/mol. The van der Waals surface area contributed by atoms with Gasteiger partial charge in [0.2, 0.25) is 0 Å². The Labute approximate surface area is 63.2 Å². The average Bonchev–Trinajstić information content (AvgIpc) is 1.85. The van der Waals surface area contributed by atoms with E-state index in [0.29, 0.717) is 0 Å². The minimum Gasteiger partial charge on any atom is -0.212 e. The second-order valence-electron chi connectivity index (χ2n) is 2.00. The van der Waals surface area contributed by atoms with Crippen molar-refractivity contribution in [2.45, 2.75) is 17.5 Å². The maximum atomic E-state index is 12.2. The van der Waals surface area contributed by atoms with Crippen LogP contribution in [0, 0.1) is 0 Å². The minimum absolute atomic E-state index is 2.80. The molecule has 9 heteroatoms. The Bertz CT molecular complexity index is 297. The van der Waals surface area contributed by atoms with Gasteiger partial charge in [-0.25, -0.2) is 13.0 Å². The Morgan fingerprint density at radius 3 is 1.67 bits per heavy atom. The molecule has 1 fully saturated rings. The molecule has 1 heterocycles. The van der Waals surface area contributed by atoms with Crippen LogP contribution in [0.1, 0.15) is 0 Å². The van der Waals surface area contributed by atoms with Crippen LogP contribution < -0.4 is 0 Å². The Hall–Kier alpha value is -0.440. The Balaban J connectivity index is 3.07. The molecule has 0 spiro atoms. The van der Waals surface area contributed by atoms with E-state index >= 15 is 0 Å². The minimum atomic E-state index is -5.50. The lowest BCUT2D eigenvalue weighted by atomic mass is 10.3. The van der Waals surface area contributed by atoms with E-state index in [1.54, 1.807) is 0 Å². The Morgan fingerprint density at radius 2 is 1.58 bits per heavy atom. The summed E-state index contributed by atoms with van der Waals surface area (Å²) in [6.45, 7) is 0. The predicted molar refractivity (Wildman–Crippen MR) is 24.8 cm³/mol. The summed E-state index contributed by atoms with van der Waals surface area (Å²) in [6.07, 6.45) is -4.21. The molecule has 0 bridgehead atoms. The van der Waals surface area contributed by atoms with Crippen molar-refractivity contribution < 1.29 is 34.6 Å². The molecule has 0 aromatic carbocycles. The smallest absolute Gasteiger partial charge is 0.212 e. The molecule has 1 atom stereocenters. The summed E-state index contributed by atoms with van der Waals surface area (Å²) < 4.78 is 81.8. The van der Waals surface area contributed by atoms with Gasteiger partial charge in [-0.2, -0.15) is 21.6 Å². The zero-order valence-corrected chi connectivity index (χ0v) is 5.92. The molecule has 0 saturated carbocycles. The van der Waals surface area contributed by atoms with E-state index in [2.05, 4.69) is 4.18 Å². The quantitative estimate of drug-likeness (QED) is 0.478. The average molecular weight is 212 g/mol. The third-order valence-corrected chi connectivity index (χ3v) is 2.59. The summed E-state index contributed by atoms with van der Waals surface area (Å²) in [5, 5.41) is -5.17. The molecule has 0 aromatic rings. The first kappa shape index (κ1) is 9.65. The van der Waals surface area contributed by atoms with Crippen molar-refractivity contribution in [3.05, 3.63) is 0 Å². The van der Waals surface area contributed by atoms with E-state index in [9.17, 15) is 30.4 Å². The molecule has 1 rings (SSSR count). The molecule has 0 radical (unpaired) electrons. The molecule has 3 nitrogen and oxygen atoms in total. The van der Waals surface area contributed by atoms with Crippen molar-refractivity contribution in [1.82, 2.24) is 0 Å². The number of hydrogen-bond acceptors (Lipinski definition) is 3. The van der Waals surface area contributed by atoms with E-state index in [1.165, 1.54) is 0 Å². The molecule has 1 aliphatic heterocycles. The van der Waals surface area contributed by atoms with Crippen LogP contribution in [0.15, 0.2) is 0 Å². The molecule has 0 amide bonds. The van der Waals surface area contributed by atoms with Crippen LogP contribution in [0.2, 0.25) is 0 Å². The first-order chi connectivity index (χ1) is 5.15. The van der Waals surface area contributed by atoms with Crippen LogP contribution in [0.3, 0.4) is 0 Å². The molecular formula is C3HF5O3S. The van der Waals surface area contributed by atoms with Crippen molar-refractivity contribution in [2.24, 2.45) is 0 Å². The summed E-state index contributed by atoms with van der Waals surface area (Å²) in [6, 6.07) is 0. The molecule has 1 aliphatic rings. The van der Waals surface area contributed by atoms with E-state index < -0.39 is 27.7 Å². The van der Waals surface area contributed by atoms with Gasteiger partial charge in [-0.3, -0.25) is 0 Å². The topological polar surface area (TPSA) is 43.4 Å². The Kier molecular flexibility index (Phi) is 1.67. The fourth-order valence-electron chi connectivity index (χ4n) is 0.560. The second kappa shape index (κ2) is 2.08. The van der Waals surface area contributed by atoms with Gasteiger partial charge in [0.15, 0.2) is 0 Å². The van der Waals surface area contributed by atoms with Crippen molar-refractivity contribution in [3.8, 4) is 0 Å². The van der Waals surface area contributed by atoms with E-state index in [0.717, 1.165) is 0 Å². The van der Waals surface area contributed by atoms with Crippen molar-refractivity contribution in [1.29, 1.82) is 0 Å². The fourth-order valence-corrected chi connectivity index (χ4v) is 1.52. The summed E-state index contributed by atoms with van der Waals surface area (Å²) >= 11 is 0. The summed E-state index contributed by atoms with van der Waals surface area (Å²) in [4.78, 5) is 0. The van der Waals surface area contributed by atoms with Crippen LogP contribution in [0.4, 0.5) is 22.0 Å². The summed E-state index contributed by atoms with van der Waals surface area (Å²) in [5.74, 6) is -4.70. The van der Waals surface area contributed by atoms with Crippen molar-refractivity contribution in [3.63, 3.8) is 0 Å². The SMILES string of the molecule is O=S1(=O)OC(F)(C(F)F)C1(F)F. The lowest BCUT2D eigenvalue weighted by Gasteiger charge is -2.38. The van der Waals surface area contributed by atoms with Gasteiger partial charge < -0.3 is 0 Å². The lowest BCUT2D eigenvalue weighted by molar-refractivity contribution is -0.294. The van der Waals surface area contributed by atoms with Gasteiger partial charge in [-0.05, 0) is 0 Å². The highest BCUT2D eigenvalue weighted by Crippen LogP contribution is 2.53. The Morgan fingerprint density at radius 1 is 1.17 bits per heavy atom. The maximum Gasteiger partial charge on any atom is 0.434 e. The number of hydrogen-bond donors (Lipinski definition) is 0. The van der Waals surface area contributed by atoms with Gasteiger partial charge in [0.1, 0.15) is 0 Å². The van der Waals surface area contributed by atoms with Gasteiger partial charge in [-0.15, -0.1) is 0 Å². The molecule has 12 heavy (non-hydrogen) atoms. The highest BCUT2D eigenvalue weighted by molar-refractivity contribution is 7.89. The highest BCUT2D eigenvalue weighted by Gasteiger charge is 2.83. The third-order valence-electron chi connectivity index (χ3n) is 1.22. The van der Waals surface area contributed by atoms with Crippen LogP contribution in [0.5, 0.6) is 0 Å². The van der Waals surface area contributed by atoms with Gasteiger partial charge >= 0.3 is 27.7 Å². The largest absolute Gasteiger partial charge is 0.434 e. The maximum absolute atomic E-state index is 12.2. The van der Waals surface area contributed by atoms with Crippen molar-refractivity contribution >= 4 is 10.1 Å². The molecule has 1 unspecified atom stereocenters. The van der Waals surface area contributed by atoms with Gasteiger partial charge in [-0.1, -0.05) is 0 Å². The molecule has 1 saturated heterocycles. The van der Waals surface area contributed by atoms with Crippen LogP contribution in [0.25, 0.3) is 0 Å². The predicted octanol–water partition coefficient (Wildman–Crippen LogP) is 0.870. The standard InChI is InChI=1S/C3HF5O3S/c4-1(5)2(6)3(7,8)12(9,10)11-2/h1H. The molecular weight excluding hydrogens is 211 g/mol. The molecule has 0 aromatic heterocycles. The zero-order valence-electron chi connectivity index (χ0n) is 5.10. The first-order valence-corrected chi connectivity index (χ1v) is 3.86. The fraction of sp³-hybridized carbons (Fsp3) is 1.00. The molecule has 0 N–H and O–H groups in total. The number of halogens is 5. The lowest BCUT2D eigenvalue weighted by Crippen LogP contribution is -2.67. The third kappa shape index (κ3) is 0.802. The molecule has 72 valence electrons. The summed E-state index contributed by atoms with van der Waals surface area (Å²) in [7, 11) is -5.50. The number of rotatable bonds is 1. The van der Waals surface area contributed by atoms with Gasteiger partial charge in [0.05, 0.1) is 0 Å². The van der Waals surface area contributed by atoms with Gasteiger partial charge in [0.25, 0.3) is 0 Å². The van der Waals surface area contributed by atoms with E-state index in [1.807, 2.05) is 0 Å². The normalized spacial score (nSPS) is 37.8. The second-order valence-corrected chi connectivity index (χ2v) is 3.59. The van der Waals surface area contributed by atoms with Crippen LogP contribution >= 0.6 is 0 Å². The highest BCUT2D eigenvalue weighted by atomic mass is 32.2. The molecule has 0 aliphatic carbocycles. The van der Waals surface area contributed by atoms with Crippen LogP contribution in [-0.2, 0) is 14.3 Å².